The van der Waals surface area contributed by atoms with Gasteiger partial charge in [-0.3, -0.25) is 0 Å². The summed E-state index contributed by atoms with van der Waals surface area (Å²) in [6, 6.07) is 6.40. The molecule has 3 nitrogen and oxygen atoms in total. The van der Waals surface area contributed by atoms with Crippen LogP contribution < -0.4 is 10.1 Å². The van der Waals surface area contributed by atoms with Crippen molar-refractivity contribution in [2.24, 2.45) is 0 Å². The van der Waals surface area contributed by atoms with Gasteiger partial charge in [-0.15, -0.1) is 0 Å². The van der Waals surface area contributed by atoms with Crippen LogP contribution in [0.15, 0.2) is 18.2 Å². The first kappa shape index (κ1) is 14.0. The third-order valence-corrected chi connectivity index (χ3v) is 3.06. The third-order valence-electron chi connectivity index (χ3n) is 3.06. The average Bonchev–Trinajstić information content (AvgIpc) is 2.35. The second kappa shape index (κ2) is 6.62. The second-order valence-corrected chi connectivity index (χ2v) is 4.51. The fourth-order valence-corrected chi connectivity index (χ4v) is 1.97. The highest BCUT2D eigenvalue weighted by Gasteiger charge is 2.15. The molecular weight excluding hydrogens is 214 g/mol. The van der Waals surface area contributed by atoms with Crippen LogP contribution in [0.4, 0.5) is 0 Å². The predicted molar refractivity (Wildman–Crippen MR) is 70.6 cm³/mol. The predicted octanol–water partition coefficient (Wildman–Crippen LogP) is 2.46. The molecule has 1 aromatic rings. The Morgan fingerprint density at radius 3 is 2.53 bits per heavy atom. The molecule has 0 fully saturated rings. The summed E-state index contributed by atoms with van der Waals surface area (Å²) < 4.78 is 5.39. The van der Waals surface area contributed by atoms with Crippen molar-refractivity contribution in [2.45, 2.75) is 32.2 Å². The molecule has 0 heterocycles. The maximum absolute atomic E-state index is 9.09. The molecule has 0 bridgehead atoms. The molecule has 0 aliphatic carbocycles. The Morgan fingerprint density at radius 1 is 1.35 bits per heavy atom. The zero-order chi connectivity index (χ0) is 12.8. The summed E-state index contributed by atoms with van der Waals surface area (Å²) >= 11 is 0. The van der Waals surface area contributed by atoms with E-state index in [4.69, 9.17) is 9.84 Å². The Balaban J connectivity index is 3.11. The number of hydrogen-bond donors (Lipinski definition) is 2. The van der Waals surface area contributed by atoms with Crippen molar-refractivity contribution in [1.29, 1.82) is 0 Å². The Bertz CT molecular complexity index is 350. The van der Waals surface area contributed by atoms with Crippen LogP contribution in [0.5, 0.6) is 5.75 Å². The minimum atomic E-state index is 0.133. The van der Waals surface area contributed by atoms with E-state index in [1.807, 2.05) is 13.1 Å². The van der Waals surface area contributed by atoms with Crippen LogP contribution in [0.1, 0.15) is 43.4 Å². The van der Waals surface area contributed by atoms with Gasteiger partial charge in [0.1, 0.15) is 5.75 Å². The fourth-order valence-electron chi connectivity index (χ4n) is 1.97. The minimum Gasteiger partial charge on any atom is -0.496 e. The number of benzene rings is 1. The van der Waals surface area contributed by atoms with E-state index in [1.54, 1.807) is 7.11 Å². The molecule has 0 spiro atoms. The Labute approximate surface area is 104 Å². The number of nitrogens with one attached hydrogen (secondary N) is 1. The van der Waals surface area contributed by atoms with Crippen molar-refractivity contribution in [3.05, 3.63) is 29.3 Å². The monoisotopic (exact) mass is 237 g/mol. The molecule has 0 aliphatic rings. The number of rotatable bonds is 6. The molecule has 1 aromatic carbocycles. The van der Waals surface area contributed by atoms with E-state index in [9.17, 15) is 0 Å². The van der Waals surface area contributed by atoms with Gasteiger partial charge in [-0.1, -0.05) is 26.0 Å². The summed E-state index contributed by atoms with van der Waals surface area (Å²) in [6.45, 7) is 4.51. The lowest BCUT2D eigenvalue weighted by Crippen LogP contribution is -2.18. The van der Waals surface area contributed by atoms with Crippen LogP contribution in [-0.4, -0.2) is 25.9 Å². The van der Waals surface area contributed by atoms with Gasteiger partial charge in [-0.2, -0.15) is 0 Å². The number of aliphatic hydroxyl groups is 1. The largest absolute Gasteiger partial charge is 0.496 e. The maximum Gasteiger partial charge on any atom is 0.123 e. The Morgan fingerprint density at radius 2 is 2.06 bits per heavy atom. The zero-order valence-electron chi connectivity index (χ0n) is 11.2. The number of methoxy groups -OCH3 is 1. The first-order chi connectivity index (χ1) is 8.13. The summed E-state index contributed by atoms with van der Waals surface area (Å²) in [5, 5.41) is 12.3. The molecule has 2 N–H and O–H groups in total. The lowest BCUT2D eigenvalue weighted by molar-refractivity contribution is 0.267. The topological polar surface area (TPSA) is 41.5 Å². The molecule has 1 rings (SSSR count). The van der Waals surface area contributed by atoms with Crippen molar-refractivity contribution in [3.63, 3.8) is 0 Å². The first-order valence-corrected chi connectivity index (χ1v) is 6.10. The summed E-state index contributed by atoms with van der Waals surface area (Å²) in [5.41, 5.74) is 2.41. The van der Waals surface area contributed by atoms with Crippen molar-refractivity contribution in [2.75, 3.05) is 20.8 Å². The van der Waals surface area contributed by atoms with Gasteiger partial charge in [0.2, 0.25) is 0 Å². The van der Waals surface area contributed by atoms with Gasteiger partial charge in [0.15, 0.2) is 0 Å². The lowest BCUT2D eigenvalue weighted by atomic mass is 9.95. The highest BCUT2D eigenvalue weighted by Crippen LogP contribution is 2.30. The molecule has 0 aliphatic heterocycles. The maximum atomic E-state index is 9.09. The van der Waals surface area contributed by atoms with Gasteiger partial charge < -0.3 is 15.2 Å². The number of ether oxygens (including phenoxy) is 1. The van der Waals surface area contributed by atoms with Crippen molar-refractivity contribution in [1.82, 2.24) is 5.32 Å². The zero-order valence-corrected chi connectivity index (χ0v) is 11.2. The van der Waals surface area contributed by atoms with Crippen molar-refractivity contribution in [3.8, 4) is 5.75 Å². The standard InChI is InChI=1S/C14H23NO2/c1-10(2)11-5-6-14(17-4)12(9-11)13(15-3)7-8-16/h5-6,9-10,13,15-16H,7-8H2,1-4H3. The Kier molecular flexibility index (Phi) is 5.45. The lowest BCUT2D eigenvalue weighted by Gasteiger charge is -2.20. The van der Waals surface area contributed by atoms with E-state index in [0.29, 0.717) is 12.3 Å². The molecule has 96 valence electrons. The quantitative estimate of drug-likeness (QED) is 0.798. The van der Waals surface area contributed by atoms with Gasteiger partial charge in [0, 0.05) is 18.2 Å². The molecule has 0 aromatic heterocycles. The van der Waals surface area contributed by atoms with Gasteiger partial charge >= 0.3 is 0 Å². The van der Waals surface area contributed by atoms with E-state index in [2.05, 4.69) is 31.3 Å². The smallest absolute Gasteiger partial charge is 0.123 e. The molecule has 0 saturated carbocycles. The normalized spacial score (nSPS) is 12.8. The van der Waals surface area contributed by atoms with Crippen molar-refractivity contribution < 1.29 is 9.84 Å². The molecular formula is C14H23NO2. The van der Waals surface area contributed by atoms with E-state index < -0.39 is 0 Å². The molecule has 0 radical (unpaired) electrons. The van der Waals surface area contributed by atoms with Crippen LogP contribution in [0, 0.1) is 0 Å². The fraction of sp³-hybridized carbons (Fsp3) is 0.571. The van der Waals surface area contributed by atoms with E-state index in [0.717, 1.165) is 11.3 Å². The third kappa shape index (κ3) is 3.45. The van der Waals surface area contributed by atoms with Gasteiger partial charge in [-0.25, -0.2) is 0 Å². The highest BCUT2D eigenvalue weighted by atomic mass is 16.5. The summed E-state index contributed by atoms with van der Waals surface area (Å²) in [7, 11) is 3.58. The van der Waals surface area contributed by atoms with Crippen LogP contribution in [0.3, 0.4) is 0 Å². The molecule has 1 unspecified atom stereocenters. The van der Waals surface area contributed by atoms with Gasteiger partial charge in [0.05, 0.1) is 7.11 Å². The molecule has 1 atom stereocenters. The summed E-state index contributed by atoms with van der Waals surface area (Å²) in [6.07, 6.45) is 0.689. The minimum absolute atomic E-state index is 0.133. The SMILES string of the molecule is CNC(CCO)c1cc(C(C)C)ccc1OC. The van der Waals surface area contributed by atoms with Gasteiger partial charge in [0.25, 0.3) is 0 Å². The first-order valence-electron chi connectivity index (χ1n) is 6.10. The van der Waals surface area contributed by atoms with Gasteiger partial charge in [-0.05, 0) is 31.0 Å². The van der Waals surface area contributed by atoms with E-state index in [-0.39, 0.29) is 12.6 Å². The van der Waals surface area contributed by atoms with Crippen LogP contribution >= 0.6 is 0 Å². The summed E-state index contributed by atoms with van der Waals surface area (Å²) in [4.78, 5) is 0. The number of aliphatic hydroxyl groups excluding tert-OH is 1. The number of hydrogen-bond acceptors (Lipinski definition) is 3. The molecule has 3 heteroatoms. The molecule has 0 amide bonds. The van der Waals surface area contributed by atoms with Crippen molar-refractivity contribution >= 4 is 0 Å². The highest BCUT2D eigenvalue weighted by molar-refractivity contribution is 5.40. The van der Waals surface area contributed by atoms with Crippen LogP contribution in [0.25, 0.3) is 0 Å². The Hall–Kier alpha value is -1.06. The molecule has 17 heavy (non-hydrogen) atoms. The molecule has 0 saturated heterocycles. The summed E-state index contributed by atoms with van der Waals surface area (Å²) in [5.74, 6) is 1.37. The van der Waals surface area contributed by atoms with Crippen LogP contribution in [-0.2, 0) is 0 Å². The average molecular weight is 237 g/mol. The van der Waals surface area contributed by atoms with E-state index >= 15 is 0 Å². The van der Waals surface area contributed by atoms with Crippen LogP contribution in [0.2, 0.25) is 0 Å². The second-order valence-electron chi connectivity index (χ2n) is 4.51. The van der Waals surface area contributed by atoms with E-state index in [1.165, 1.54) is 5.56 Å².